The number of nitrogens with one attached hydrogen (secondary N) is 1. The van der Waals surface area contributed by atoms with Crippen LogP contribution in [0.3, 0.4) is 0 Å². The smallest absolute Gasteiger partial charge is 0.340 e. The summed E-state index contributed by atoms with van der Waals surface area (Å²) >= 11 is 0. The Balaban J connectivity index is 1.94. The fourth-order valence-corrected chi connectivity index (χ4v) is 1.95. The monoisotopic (exact) mass is 298 g/mol. The van der Waals surface area contributed by atoms with Crippen LogP contribution in [0.4, 0.5) is 11.4 Å². The van der Waals surface area contributed by atoms with Gasteiger partial charge in [0.2, 0.25) is 0 Å². The molecule has 0 heterocycles. The van der Waals surface area contributed by atoms with E-state index in [1.165, 1.54) is 0 Å². The number of nitrogen functional groups attached to an aromatic ring is 1. The molecule has 0 atom stereocenters. The van der Waals surface area contributed by atoms with Crippen LogP contribution in [-0.4, -0.2) is 18.5 Å². The summed E-state index contributed by atoms with van der Waals surface area (Å²) in [4.78, 5) is 23.7. The maximum Gasteiger partial charge on any atom is 0.340 e. The molecule has 2 rings (SSSR count). The van der Waals surface area contributed by atoms with Crippen molar-refractivity contribution in [2.45, 2.75) is 13.8 Å². The molecule has 0 aliphatic carbocycles. The molecule has 0 fully saturated rings. The summed E-state index contributed by atoms with van der Waals surface area (Å²) in [6.45, 7) is 3.47. The van der Waals surface area contributed by atoms with E-state index in [9.17, 15) is 9.59 Å². The zero-order valence-electron chi connectivity index (χ0n) is 12.6. The zero-order chi connectivity index (χ0) is 16.1. The van der Waals surface area contributed by atoms with Gasteiger partial charge in [0, 0.05) is 11.4 Å². The number of aryl methyl sites for hydroxylation is 2. The number of anilines is 2. The van der Waals surface area contributed by atoms with Crippen molar-refractivity contribution in [3.63, 3.8) is 0 Å². The fourth-order valence-electron chi connectivity index (χ4n) is 1.95. The Labute approximate surface area is 129 Å². The second kappa shape index (κ2) is 6.76. The van der Waals surface area contributed by atoms with E-state index in [1.807, 2.05) is 32.0 Å². The van der Waals surface area contributed by atoms with Crippen LogP contribution in [0.5, 0.6) is 0 Å². The third kappa shape index (κ3) is 3.85. The van der Waals surface area contributed by atoms with Gasteiger partial charge in [0.15, 0.2) is 6.61 Å². The first kappa shape index (κ1) is 15.6. The third-order valence-corrected chi connectivity index (χ3v) is 3.18. The largest absolute Gasteiger partial charge is 0.452 e. The quantitative estimate of drug-likeness (QED) is 0.671. The number of carbonyl (C=O) groups excluding carboxylic acids is 2. The number of esters is 1. The van der Waals surface area contributed by atoms with Crippen LogP contribution in [-0.2, 0) is 9.53 Å². The van der Waals surface area contributed by atoms with Crippen molar-refractivity contribution < 1.29 is 14.3 Å². The highest BCUT2D eigenvalue weighted by Crippen LogP contribution is 2.16. The van der Waals surface area contributed by atoms with Gasteiger partial charge in [-0.1, -0.05) is 24.3 Å². The van der Waals surface area contributed by atoms with Gasteiger partial charge in [0.05, 0.1) is 5.56 Å². The molecule has 0 aliphatic rings. The predicted octanol–water partition coefficient (Wildman–Crippen LogP) is 2.68. The van der Waals surface area contributed by atoms with Crippen LogP contribution in [0.15, 0.2) is 42.5 Å². The van der Waals surface area contributed by atoms with E-state index in [0.29, 0.717) is 11.4 Å². The number of hydrogen-bond donors (Lipinski definition) is 2. The van der Waals surface area contributed by atoms with Crippen LogP contribution < -0.4 is 11.1 Å². The first-order valence-electron chi connectivity index (χ1n) is 6.86. The Morgan fingerprint density at radius 3 is 2.59 bits per heavy atom. The standard InChI is InChI=1S/C17H18N2O3/c1-11-7-8-12(2)15(9-11)19-16(20)10-22-17(21)13-5-3-4-6-14(13)18/h3-9H,10,18H2,1-2H3,(H,19,20). The topological polar surface area (TPSA) is 81.4 Å². The molecule has 5 nitrogen and oxygen atoms in total. The third-order valence-electron chi connectivity index (χ3n) is 3.18. The molecule has 0 spiro atoms. The van der Waals surface area contributed by atoms with Crippen LogP contribution in [0.1, 0.15) is 21.5 Å². The van der Waals surface area contributed by atoms with Gasteiger partial charge >= 0.3 is 5.97 Å². The first-order valence-corrected chi connectivity index (χ1v) is 6.86. The summed E-state index contributed by atoms with van der Waals surface area (Å²) in [5.74, 6) is -1.01. The van der Waals surface area contributed by atoms with Gasteiger partial charge in [-0.15, -0.1) is 0 Å². The van der Waals surface area contributed by atoms with E-state index in [-0.39, 0.29) is 12.2 Å². The summed E-state index contributed by atoms with van der Waals surface area (Å²) < 4.78 is 4.98. The van der Waals surface area contributed by atoms with Crippen LogP contribution in [0.25, 0.3) is 0 Å². The predicted molar refractivity (Wildman–Crippen MR) is 85.7 cm³/mol. The van der Waals surface area contributed by atoms with Crippen molar-refractivity contribution in [1.82, 2.24) is 0 Å². The minimum atomic E-state index is -0.616. The van der Waals surface area contributed by atoms with Crippen molar-refractivity contribution in [2.75, 3.05) is 17.7 Å². The van der Waals surface area contributed by atoms with Gasteiger partial charge in [0.25, 0.3) is 5.91 Å². The van der Waals surface area contributed by atoms with Gasteiger partial charge < -0.3 is 15.8 Å². The molecule has 0 saturated heterocycles. The highest BCUT2D eigenvalue weighted by Gasteiger charge is 2.13. The van der Waals surface area contributed by atoms with E-state index >= 15 is 0 Å². The number of benzene rings is 2. The highest BCUT2D eigenvalue weighted by atomic mass is 16.5. The van der Waals surface area contributed by atoms with Crippen molar-refractivity contribution in [3.05, 3.63) is 59.2 Å². The molecule has 114 valence electrons. The minimum absolute atomic E-state index is 0.252. The lowest BCUT2D eigenvalue weighted by molar-refractivity contribution is -0.119. The van der Waals surface area contributed by atoms with Gasteiger partial charge in [-0.2, -0.15) is 0 Å². The lowest BCUT2D eigenvalue weighted by Gasteiger charge is -2.10. The molecule has 0 unspecified atom stereocenters. The number of nitrogens with two attached hydrogens (primary N) is 1. The molecule has 0 saturated carbocycles. The first-order chi connectivity index (χ1) is 10.5. The lowest BCUT2D eigenvalue weighted by Crippen LogP contribution is -2.21. The molecule has 3 N–H and O–H groups in total. The Morgan fingerprint density at radius 1 is 1.14 bits per heavy atom. The van der Waals surface area contributed by atoms with Gasteiger partial charge in [0.1, 0.15) is 0 Å². The normalized spacial score (nSPS) is 10.1. The molecule has 22 heavy (non-hydrogen) atoms. The van der Waals surface area contributed by atoms with Crippen molar-refractivity contribution >= 4 is 23.3 Å². The number of amides is 1. The number of carbonyl (C=O) groups is 2. The van der Waals surface area contributed by atoms with Crippen LogP contribution in [0.2, 0.25) is 0 Å². The second-order valence-electron chi connectivity index (χ2n) is 5.03. The molecule has 0 aromatic heterocycles. The van der Waals surface area contributed by atoms with Gasteiger partial charge in [-0.25, -0.2) is 4.79 Å². The number of rotatable bonds is 4. The molecule has 1 amide bonds. The number of hydrogen-bond acceptors (Lipinski definition) is 4. The Bertz CT molecular complexity index is 711. The van der Waals surface area contributed by atoms with Gasteiger partial charge in [-0.05, 0) is 43.2 Å². The van der Waals surface area contributed by atoms with Crippen LogP contribution in [0, 0.1) is 13.8 Å². The maximum absolute atomic E-state index is 11.9. The lowest BCUT2D eigenvalue weighted by atomic mass is 10.1. The SMILES string of the molecule is Cc1ccc(C)c(NC(=O)COC(=O)c2ccccc2N)c1. The molecule has 0 bridgehead atoms. The van der Waals surface area contributed by atoms with Crippen molar-refractivity contribution in [3.8, 4) is 0 Å². The van der Waals surface area contributed by atoms with E-state index in [0.717, 1.165) is 11.1 Å². The highest BCUT2D eigenvalue weighted by molar-refractivity contribution is 5.98. The molecule has 2 aromatic carbocycles. The summed E-state index contributed by atoms with van der Waals surface area (Å²) in [7, 11) is 0. The molecular weight excluding hydrogens is 280 g/mol. The Morgan fingerprint density at radius 2 is 1.86 bits per heavy atom. The molecule has 2 aromatic rings. The molecule has 0 aliphatic heterocycles. The van der Waals surface area contributed by atoms with Crippen molar-refractivity contribution in [1.29, 1.82) is 0 Å². The second-order valence-corrected chi connectivity index (χ2v) is 5.03. The van der Waals surface area contributed by atoms with E-state index in [1.54, 1.807) is 24.3 Å². The minimum Gasteiger partial charge on any atom is -0.452 e. The molecule has 5 heteroatoms. The maximum atomic E-state index is 11.9. The molecular formula is C17H18N2O3. The summed E-state index contributed by atoms with van der Waals surface area (Å²) in [6.07, 6.45) is 0. The Kier molecular flexibility index (Phi) is 4.78. The zero-order valence-corrected chi connectivity index (χ0v) is 12.6. The van der Waals surface area contributed by atoms with Crippen LogP contribution >= 0.6 is 0 Å². The number of para-hydroxylation sites is 1. The average molecular weight is 298 g/mol. The number of ether oxygens (including phenoxy) is 1. The van der Waals surface area contributed by atoms with E-state index in [4.69, 9.17) is 10.5 Å². The summed E-state index contributed by atoms with van der Waals surface area (Å²) in [5, 5.41) is 2.73. The Hall–Kier alpha value is -2.82. The van der Waals surface area contributed by atoms with Gasteiger partial charge in [-0.3, -0.25) is 4.79 Å². The molecule has 0 radical (unpaired) electrons. The fraction of sp³-hybridized carbons (Fsp3) is 0.176. The average Bonchev–Trinajstić information content (AvgIpc) is 2.49. The summed E-state index contributed by atoms with van der Waals surface area (Å²) in [6, 6.07) is 12.3. The van der Waals surface area contributed by atoms with E-state index < -0.39 is 11.9 Å². The van der Waals surface area contributed by atoms with Crippen molar-refractivity contribution in [2.24, 2.45) is 0 Å². The summed E-state index contributed by atoms with van der Waals surface area (Å²) in [5.41, 5.74) is 8.95. The van der Waals surface area contributed by atoms with E-state index in [2.05, 4.69) is 5.32 Å².